The monoisotopic (exact) mass is 292 g/mol. The molecule has 0 spiro atoms. The predicted molar refractivity (Wildman–Crippen MR) is 81.9 cm³/mol. The molecule has 5 nitrogen and oxygen atoms in total. The smallest absolute Gasteiger partial charge is 0.330 e. The summed E-state index contributed by atoms with van der Waals surface area (Å²) in [5.41, 5.74) is 0.176. The van der Waals surface area contributed by atoms with Crippen molar-refractivity contribution in [2.45, 2.75) is 52.9 Å². The van der Waals surface area contributed by atoms with Crippen molar-refractivity contribution in [3.63, 3.8) is 0 Å². The Morgan fingerprint density at radius 3 is 1.55 bits per heavy atom. The molecular weight excluding hydrogens is 260 g/mol. The minimum atomic E-state index is -0.935. The van der Waals surface area contributed by atoms with Crippen LogP contribution in [0.3, 0.4) is 0 Å². The van der Waals surface area contributed by atoms with Crippen LogP contribution in [-0.2, 0) is 9.53 Å². The van der Waals surface area contributed by atoms with E-state index in [1.807, 2.05) is 0 Å². The molecule has 5 heteroatoms. The van der Waals surface area contributed by atoms with Crippen LogP contribution < -0.4 is 0 Å². The summed E-state index contributed by atoms with van der Waals surface area (Å²) in [5, 5.41) is 24.3. The van der Waals surface area contributed by atoms with Crippen LogP contribution in [-0.4, -0.2) is 47.7 Å². The molecule has 0 saturated heterocycles. The first-order valence-electron chi connectivity index (χ1n) is 7.16. The van der Waals surface area contributed by atoms with Gasteiger partial charge in [0, 0.05) is 32.0 Å². The van der Waals surface area contributed by atoms with Gasteiger partial charge in [0.2, 0.25) is 0 Å². The van der Waals surface area contributed by atoms with Gasteiger partial charge in [-0.2, -0.15) is 0 Å². The first-order chi connectivity index (χ1) is 9.47. The number of ether oxygens (including phenoxy) is 1. The lowest BCUT2D eigenvalue weighted by atomic mass is 10.2. The van der Waals surface area contributed by atoms with Gasteiger partial charge in [-0.05, 0) is 39.0 Å². The summed E-state index contributed by atoms with van der Waals surface area (Å²) in [6.07, 6.45) is 4.86. The Kier molecular flexibility index (Phi) is 28.0. The highest BCUT2D eigenvalue weighted by atomic mass is 16.5. The van der Waals surface area contributed by atoms with Gasteiger partial charge in [-0.15, -0.1) is 0 Å². The summed E-state index contributed by atoms with van der Waals surface area (Å²) < 4.78 is 5.13. The molecule has 0 amide bonds. The molecule has 0 aromatic heterocycles. The number of carboxylic acid groups (broad SMARTS) is 1. The summed E-state index contributed by atoms with van der Waals surface area (Å²) >= 11 is 0. The molecule has 122 valence electrons. The standard InChI is InChI=1S/C6H14O.C5H12O2.C4H6O2/c1-3-5-7-6-4-2;6-4-2-1-3-5-7;1-3(2)4(5)6/h3-6H2,1-2H3;6-7H,1-5H2;1H2,2H3,(H,5,6). The zero-order valence-corrected chi connectivity index (χ0v) is 13.2. The summed E-state index contributed by atoms with van der Waals surface area (Å²) in [6.45, 7) is 11.2. The molecule has 0 unspecified atom stereocenters. The second-order valence-electron chi connectivity index (χ2n) is 4.21. The van der Waals surface area contributed by atoms with E-state index in [9.17, 15) is 4.79 Å². The molecule has 0 radical (unpaired) electrons. The molecule has 0 heterocycles. The maximum Gasteiger partial charge on any atom is 0.330 e. The van der Waals surface area contributed by atoms with Crippen LogP contribution in [0.2, 0.25) is 0 Å². The van der Waals surface area contributed by atoms with Crippen molar-refractivity contribution in [3.8, 4) is 0 Å². The summed E-state index contributed by atoms with van der Waals surface area (Å²) in [4.78, 5) is 9.60. The van der Waals surface area contributed by atoms with Gasteiger partial charge in [0.1, 0.15) is 0 Å². The fraction of sp³-hybridized carbons (Fsp3) is 0.800. The molecule has 0 aliphatic heterocycles. The van der Waals surface area contributed by atoms with Gasteiger partial charge in [-0.3, -0.25) is 0 Å². The quantitative estimate of drug-likeness (QED) is 0.449. The number of aliphatic carboxylic acids is 1. The van der Waals surface area contributed by atoms with Gasteiger partial charge in [0.15, 0.2) is 0 Å². The molecule has 0 atom stereocenters. The van der Waals surface area contributed by atoms with Crippen molar-refractivity contribution >= 4 is 5.97 Å². The van der Waals surface area contributed by atoms with E-state index in [0.29, 0.717) is 0 Å². The van der Waals surface area contributed by atoms with Gasteiger partial charge in [0.25, 0.3) is 0 Å². The Morgan fingerprint density at radius 1 is 1.00 bits per heavy atom. The average molecular weight is 292 g/mol. The number of unbranched alkanes of at least 4 members (excludes halogenated alkanes) is 2. The third-order valence-electron chi connectivity index (χ3n) is 1.88. The van der Waals surface area contributed by atoms with Gasteiger partial charge in [0.05, 0.1) is 0 Å². The highest BCUT2D eigenvalue weighted by molar-refractivity contribution is 5.84. The lowest BCUT2D eigenvalue weighted by Crippen LogP contribution is -1.92. The van der Waals surface area contributed by atoms with E-state index in [2.05, 4.69) is 20.4 Å². The number of rotatable bonds is 9. The molecule has 0 fully saturated rings. The Hall–Kier alpha value is -0.910. The third-order valence-corrected chi connectivity index (χ3v) is 1.88. The van der Waals surface area contributed by atoms with Crippen LogP contribution in [0.15, 0.2) is 12.2 Å². The topological polar surface area (TPSA) is 87.0 Å². The van der Waals surface area contributed by atoms with Crippen LogP contribution in [0.4, 0.5) is 0 Å². The number of hydrogen-bond acceptors (Lipinski definition) is 4. The summed E-state index contributed by atoms with van der Waals surface area (Å²) in [7, 11) is 0. The van der Waals surface area contributed by atoms with Crippen LogP contribution in [0.5, 0.6) is 0 Å². The van der Waals surface area contributed by atoms with Crippen molar-refractivity contribution in [2.24, 2.45) is 0 Å². The van der Waals surface area contributed by atoms with Crippen molar-refractivity contribution in [1.29, 1.82) is 0 Å². The maximum atomic E-state index is 9.60. The van der Waals surface area contributed by atoms with Gasteiger partial charge in [-0.25, -0.2) is 4.79 Å². The fourth-order valence-electron chi connectivity index (χ4n) is 0.791. The molecule has 0 aliphatic rings. The van der Waals surface area contributed by atoms with E-state index in [4.69, 9.17) is 20.1 Å². The van der Waals surface area contributed by atoms with Crippen LogP contribution in [0.1, 0.15) is 52.9 Å². The minimum Gasteiger partial charge on any atom is -0.478 e. The van der Waals surface area contributed by atoms with E-state index in [1.54, 1.807) is 0 Å². The lowest BCUT2D eigenvalue weighted by Gasteiger charge is -1.95. The minimum absolute atomic E-state index is 0.176. The van der Waals surface area contributed by atoms with E-state index >= 15 is 0 Å². The maximum absolute atomic E-state index is 9.60. The Balaban J connectivity index is -0.000000218. The van der Waals surface area contributed by atoms with E-state index in [1.165, 1.54) is 6.92 Å². The molecule has 0 aromatic carbocycles. The van der Waals surface area contributed by atoms with Gasteiger partial charge >= 0.3 is 5.97 Å². The summed E-state index contributed by atoms with van der Waals surface area (Å²) in [6, 6.07) is 0. The first kappa shape index (κ1) is 24.1. The highest BCUT2D eigenvalue weighted by Gasteiger charge is 1.90. The van der Waals surface area contributed by atoms with E-state index in [-0.39, 0.29) is 18.8 Å². The van der Waals surface area contributed by atoms with Crippen molar-refractivity contribution in [2.75, 3.05) is 26.4 Å². The number of hydrogen-bond donors (Lipinski definition) is 3. The number of carbonyl (C=O) groups is 1. The van der Waals surface area contributed by atoms with Crippen molar-refractivity contribution in [3.05, 3.63) is 12.2 Å². The highest BCUT2D eigenvalue weighted by Crippen LogP contribution is 1.90. The lowest BCUT2D eigenvalue weighted by molar-refractivity contribution is -0.132. The fourth-order valence-corrected chi connectivity index (χ4v) is 0.791. The number of aliphatic hydroxyl groups excluding tert-OH is 2. The van der Waals surface area contributed by atoms with Gasteiger partial charge in [-0.1, -0.05) is 20.4 Å². The zero-order valence-electron chi connectivity index (χ0n) is 13.2. The number of carboxylic acids is 1. The molecule has 0 bridgehead atoms. The molecule has 0 aliphatic carbocycles. The second kappa shape index (κ2) is 23.2. The average Bonchev–Trinajstić information content (AvgIpc) is 2.41. The van der Waals surface area contributed by atoms with Crippen LogP contribution in [0.25, 0.3) is 0 Å². The van der Waals surface area contributed by atoms with Crippen molar-refractivity contribution in [1.82, 2.24) is 0 Å². The molecule has 0 aromatic rings. The van der Waals surface area contributed by atoms with E-state index in [0.717, 1.165) is 45.3 Å². The first-order valence-corrected chi connectivity index (χ1v) is 7.16. The molecular formula is C15H32O5. The molecule has 0 rings (SSSR count). The van der Waals surface area contributed by atoms with Crippen LogP contribution >= 0.6 is 0 Å². The summed E-state index contributed by atoms with van der Waals surface area (Å²) in [5.74, 6) is -0.935. The molecule has 20 heavy (non-hydrogen) atoms. The Bertz CT molecular complexity index is 174. The zero-order chi connectivity index (χ0) is 16.2. The Labute approximate surface area is 123 Å². The third kappa shape index (κ3) is 36.0. The van der Waals surface area contributed by atoms with E-state index < -0.39 is 5.97 Å². The molecule has 3 N–H and O–H groups in total. The normalized spacial score (nSPS) is 8.85. The largest absolute Gasteiger partial charge is 0.478 e. The van der Waals surface area contributed by atoms with Crippen LogP contribution in [0, 0.1) is 0 Å². The number of aliphatic hydroxyl groups is 2. The Morgan fingerprint density at radius 2 is 1.35 bits per heavy atom. The predicted octanol–water partition coefficient (Wildman–Crippen LogP) is 2.61. The second-order valence-corrected chi connectivity index (χ2v) is 4.21. The van der Waals surface area contributed by atoms with Crippen molar-refractivity contribution < 1.29 is 24.9 Å². The van der Waals surface area contributed by atoms with Gasteiger partial charge < -0.3 is 20.1 Å². The SMILES string of the molecule is C=C(C)C(=O)O.CCCOCCC.OCCCCCO. The molecule has 0 saturated carbocycles.